The van der Waals surface area contributed by atoms with Crippen molar-refractivity contribution in [3.8, 4) is 0 Å². The van der Waals surface area contributed by atoms with E-state index < -0.39 is 0 Å². The molecule has 0 aliphatic heterocycles. The van der Waals surface area contributed by atoms with Crippen LogP contribution in [0.5, 0.6) is 0 Å². The molecule has 2 nitrogen and oxygen atoms in total. The molecule has 3 heteroatoms. The van der Waals surface area contributed by atoms with Crippen LogP contribution < -0.4 is 5.32 Å². The van der Waals surface area contributed by atoms with E-state index in [-0.39, 0.29) is 18.0 Å². The molecule has 1 aromatic rings. The summed E-state index contributed by atoms with van der Waals surface area (Å²) in [4.78, 5) is 0. The van der Waals surface area contributed by atoms with Crippen LogP contribution in [0.4, 0.5) is 4.39 Å². The Morgan fingerprint density at radius 2 is 1.88 bits per heavy atom. The smallest absolute Gasteiger partial charge is 0.123 e. The van der Waals surface area contributed by atoms with Gasteiger partial charge in [0.05, 0.1) is 12.2 Å². The molecule has 0 spiro atoms. The molecule has 0 amide bonds. The Morgan fingerprint density at radius 1 is 1.24 bits per heavy atom. The van der Waals surface area contributed by atoms with Gasteiger partial charge in [0.15, 0.2) is 0 Å². The number of halogens is 1. The van der Waals surface area contributed by atoms with Gasteiger partial charge in [-0.05, 0) is 37.6 Å². The molecule has 0 bridgehead atoms. The maximum absolute atomic E-state index is 12.9. The first-order valence-corrected chi connectivity index (χ1v) is 6.29. The molecule has 17 heavy (non-hydrogen) atoms. The van der Waals surface area contributed by atoms with Crippen molar-refractivity contribution in [2.75, 3.05) is 13.1 Å². The van der Waals surface area contributed by atoms with Crippen molar-refractivity contribution in [2.24, 2.45) is 0 Å². The highest BCUT2D eigenvalue weighted by Gasteiger charge is 2.14. The van der Waals surface area contributed by atoms with E-state index in [0.29, 0.717) is 0 Å². The van der Waals surface area contributed by atoms with Crippen molar-refractivity contribution in [3.05, 3.63) is 35.6 Å². The summed E-state index contributed by atoms with van der Waals surface area (Å²) in [6.45, 7) is 7.88. The predicted molar refractivity (Wildman–Crippen MR) is 68.5 cm³/mol. The summed E-state index contributed by atoms with van der Waals surface area (Å²) in [6, 6.07) is 6.54. The van der Waals surface area contributed by atoms with E-state index in [4.69, 9.17) is 4.74 Å². The van der Waals surface area contributed by atoms with Crippen LogP contribution in [0.1, 0.15) is 38.9 Å². The number of hydrogen-bond donors (Lipinski definition) is 1. The first-order valence-electron chi connectivity index (χ1n) is 6.29. The zero-order chi connectivity index (χ0) is 12.7. The summed E-state index contributed by atoms with van der Waals surface area (Å²) in [5.41, 5.74) is 1.02. The quantitative estimate of drug-likeness (QED) is 0.788. The molecule has 0 aliphatic carbocycles. The molecule has 2 unspecified atom stereocenters. The Labute approximate surface area is 103 Å². The number of likely N-dealkylation sites (N-methyl/N-ethyl adjacent to an activating group) is 1. The number of ether oxygens (including phenoxy) is 1. The summed E-state index contributed by atoms with van der Waals surface area (Å²) in [6.07, 6.45) is 1.18. The monoisotopic (exact) mass is 239 g/mol. The third kappa shape index (κ3) is 4.84. The number of hydrogen-bond acceptors (Lipinski definition) is 2. The molecular formula is C14H22FNO. The molecule has 0 heterocycles. The third-order valence-electron chi connectivity index (χ3n) is 2.79. The number of benzene rings is 1. The van der Waals surface area contributed by atoms with Gasteiger partial charge in [-0.3, -0.25) is 0 Å². The van der Waals surface area contributed by atoms with Crippen LogP contribution >= 0.6 is 0 Å². The van der Waals surface area contributed by atoms with Gasteiger partial charge in [0, 0.05) is 6.54 Å². The highest BCUT2D eigenvalue weighted by molar-refractivity contribution is 5.19. The van der Waals surface area contributed by atoms with Gasteiger partial charge >= 0.3 is 0 Å². The van der Waals surface area contributed by atoms with Gasteiger partial charge in [0.1, 0.15) is 5.82 Å². The van der Waals surface area contributed by atoms with Crippen molar-refractivity contribution in [1.29, 1.82) is 0 Å². The van der Waals surface area contributed by atoms with Gasteiger partial charge in [0.25, 0.3) is 0 Å². The van der Waals surface area contributed by atoms with Crippen LogP contribution in [0, 0.1) is 5.82 Å². The second kappa shape index (κ2) is 7.41. The minimum Gasteiger partial charge on any atom is -0.369 e. The normalized spacial score (nSPS) is 14.6. The molecule has 0 aromatic heterocycles. The van der Waals surface area contributed by atoms with E-state index in [1.165, 1.54) is 12.1 Å². The Kier molecular flexibility index (Phi) is 6.16. The van der Waals surface area contributed by atoms with Crippen molar-refractivity contribution >= 4 is 0 Å². The van der Waals surface area contributed by atoms with Crippen LogP contribution in [0.15, 0.2) is 24.3 Å². The molecule has 0 radical (unpaired) electrons. The summed E-state index contributed by atoms with van der Waals surface area (Å²) < 4.78 is 18.8. The average Bonchev–Trinajstić information content (AvgIpc) is 2.35. The predicted octanol–water partition coefficient (Wildman–Crippen LogP) is 3.29. The molecule has 96 valence electrons. The fourth-order valence-corrected chi connectivity index (χ4v) is 1.57. The minimum atomic E-state index is -0.209. The van der Waals surface area contributed by atoms with Gasteiger partial charge in [-0.1, -0.05) is 26.0 Å². The molecular weight excluding hydrogens is 217 g/mol. The zero-order valence-corrected chi connectivity index (χ0v) is 10.9. The molecule has 1 rings (SSSR count). The van der Waals surface area contributed by atoms with E-state index in [9.17, 15) is 4.39 Å². The van der Waals surface area contributed by atoms with E-state index >= 15 is 0 Å². The van der Waals surface area contributed by atoms with Crippen LogP contribution in [0.25, 0.3) is 0 Å². The van der Waals surface area contributed by atoms with Gasteiger partial charge < -0.3 is 10.1 Å². The van der Waals surface area contributed by atoms with Crippen LogP contribution in [0.2, 0.25) is 0 Å². The standard InChI is InChI=1S/C14H22FNO/c1-4-11(3)17-14(10-16-5-2)12-6-8-13(15)9-7-12/h6-9,11,14,16H,4-5,10H2,1-3H3. The lowest BCUT2D eigenvalue weighted by molar-refractivity contribution is -0.00428. The summed E-state index contributed by atoms with van der Waals surface area (Å²) in [7, 11) is 0. The maximum Gasteiger partial charge on any atom is 0.123 e. The van der Waals surface area contributed by atoms with Crippen molar-refractivity contribution in [1.82, 2.24) is 5.32 Å². The Bertz CT molecular complexity index is 313. The van der Waals surface area contributed by atoms with Crippen molar-refractivity contribution in [2.45, 2.75) is 39.4 Å². The van der Waals surface area contributed by atoms with Crippen molar-refractivity contribution < 1.29 is 9.13 Å². The lowest BCUT2D eigenvalue weighted by atomic mass is 10.1. The topological polar surface area (TPSA) is 21.3 Å². The lowest BCUT2D eigenvalue weighted by Crippen LogP contribution is -2.25. The van der Waals surface area contributed by atoms with Crippen LogP contribution in [-0.4, -0.2) is 19.2 Å². The fourth-order valence-electron chi connectivity index (χ4n) is 1.57. The second-order valence-electron chi connectivity index (χ2n) is 4.20. The SMILES string of the molecule is CCNCC(OC(C)CC)c1ccc(F)cc1. The maximum atomic E-state index is 12.9. The summed E-state index contributed by atoms with van der Waals surface area (Å²) in [5, 5.41) is 3.27. The third-order valence-corrected chi connectivity index (χ3v) is 2.79. The average molecular weight is 239 g/mol. The first kappa shape index (κ1) is 14.1. The second-order valence-corrected chi connectivity index (χ2v) is 4.20. The van der Waals surface area contributed by atoms with Crippen LogP contribution in [0.3, 0.4) is 0 Å². The Hall–Kier alpha value is -0.930. The molecule has 0 saturated carbocycles. The molecule has 1 aromatic carbocycles. The Morgan fingerprint density at radius 3 is 2.41 bits per heavy atom. The molecule has 1 N–H and O–H groups in total. The zero-order valence-electron chi connectivity index (χ0n) is 10.9. The van der Waals surface area contributed by atoms with Gasteiger partial charge in [0.2, 0.25) is 0 Å². The molecule has 2 atom stereocenters. The van der Waals surface area contributed by atoms with E-state index in [1.807, 2.05) is 0 Å². The summed E-state index contributed by atoms with van der Waals surface area (Å²) in [5.74, 6) is -0.209. The largest absolute Gasteiger partial charge is 0.369 e. The molecule has 0 saturated heterocycles. The van der Waals surface area contributed by atoms with Crippen molar-refractivity contribution in [3.63, 3.8) is 0 Å². The molecule has 0 fully saturated rings. The van der Waals surface area contributed by atoms with E-state index in [2.05, 4.69) is 26.1 Å². The molecule has 0 aliphatic rings. The van der Waals surface area contributed by atoms with Crippen LogP contribution in [-0.2, 0) is 4.74 Å². The fraction of sp³-hybridized carbons (Fsp3) is 0.571. The lowest BCUT2D eigenvalue weighted by Gasteiger charge is -2.22. The highest BCUT2D eigenvalue weighted by atomic mass is 19.1. The van der Waals surface area contributed by atoms with E-state index in [0.717, 1.165) is 25.1 Å². The van der Waals surface area contributed by atoms with E-state index in [1.54, 1.807) is 12.1 Å². The minimum absolute atomic E-state index is 0.00880. The van der Waals surface area contributed by atoms with Gasteiger partial charge in [-0.2, -0.15) is 0 Å². The number of rotatable bonds is 7. The Balaban J connectivity index is 2.70. The summed E-state index contributed by atoms with van der Waals surface area (Å²) >= 11 is 0. The highest BCUT2D eigenvalue weighted by Crippen LogP contribution is 2.20. The van der Waals surface area contributed by atoms with Gasteiger partial charge in [-0.15, -0.1) is 0 Å². The number of nitrogens with one attached hydrogen (secondary N) is 1. The first-order chi connectivity index (χ1) is 8.17. The van der Waals surface area contributed by atoms with Gasteiger partial charge in [-0.25, -0.2) is 4.39 Å².